The first-order valence-corrected chi connectivity index (χ1v) is 8.42. The van der Waals surface area contributed by atoms with Gasteiger partial charge in [0.05, 0.1) is 19.2 Å². The van der Waals surface area contributed by atoms with E-state index in [-0.39, 0.29) is 18.4 Å². The molecule has 6 heteroatoms. The second-order valence-corrected chi connectivity index (χ2v) is 5.84. The third-order valence-corrected chi connectivity index (χ3v) is 4.15. The van der Waals surface area contributed by atoms with Crippen LogP contribution in [0.2, 0.25) is 0 Å². The first kappa shape index (κ1) is 17.5. The highest BCUT2D eigenvalue weighted by Crippen LogP contribution is 2.18. The van der Waals surface area contributed by atoms with Gasteiger partial charge >= 0.3 is 0 Å². The Morgan fingerprint density at radius 1 is 1.04 bits per heavy atom. The number of rotatable bonds is 7. The van der Waals surface area contributed by atoms with E-state index in [0.717, 1.165) is 22.9 Å². The molecule has 0 unspecified atom stereocenters. The monoisotopic (exact) mass is 351 g/mol. The van der Waals surface area contributed by atoms with Gasteiger partial charge in [0.2, 0.25) is 5.91 Å². The molecular formula is C20H21N3O3. The van der Waals surface area contributed by atoms with Crippen LogP contribution in [-0.4, -0.2) is 37.0 Å². The summed E-state index contributed by atoms with van der Waals surface area (Å²) in [6.45, 7) is 0.427. The van der Waals surface area contributed by atoms with Crippen molar-refractivity contribution >= 4 is 22.7 Å². The van der Waals surface area contributed by atoms with E-state index in [1.807, 2.05) is 24.4 Å². The van der Waals surface area contributed by atoms with E-state index >= 15 is 0 Å². The lowest BCUT2D eigenvalue weighted by Crippen LogP contribution is -2.37. The van der Waals surface area contributed by atoms with Crippen LogP contribution >= 0.6 is 0 Å². The molecule has 0 aliphatic rings. The average Bonchev–Trinajstić information content (AvgIpc) is 3.09. The van der Waals surface area contributed by atoms with Crippen molar-refractivity contribution in [2.24, 2.45) is 0 Å². The van der Waals surface area contributed by atoms with Crippen LogP contribution in [0.5, 0.6) is 5.75 Å². The second kappa shape index (κ2) is 8.20. The summed E-state index contributed by atoms with van der Waals surface area (Å²) in [5.41, 5.74) is 2.64. The summed E-state index contributed by atoms with van der Waals surface area (Å²) < 4.78 is 5.15. The fraction of sp³-hybridized carbons (Fsp3) is 0.200. The third-order valence-electron chi connectivity index (χ3n) is 4.15. The molecule has 0 spiro atoms. The summed E-state index contributed by atoms with van der Waals surface area (Å²) in [6, 6.07) is 14.9. The number of hydrogen-bond acceptors (Lipinski definition) is 3. The number of carbonyl (C=O) groups excluding carboxylic acids is 2. The number of H-pyrrole nitrogens is 1. The SMILES string of the molecule is COc1ccccc1C(=O)NCC(=O)NCCc1c[nH]c2ccccc12. The zero-order valence-electron chi connectivity index (χ0n) is 14.5. The van der Waals surface area contributed by atoms with Gasteiger partial charge in [0, 0.05) is 23.6 Å². The maximum atomic E-state index is 12.2. The zero-order chi connectivity index (χ0) is 18.4. The molecule has 3 N–H and O–H groups in total. The van der Waals surface area contributed by atoms with Crippen molar-refractivity contribution in [3.63, 3.8) is 0 Å². The van der Waals surface area contributed by atoms with Gasteiger partial charge < -0.3 is 20.4 Å². The van der Waals surface area contributed by atoms with E-state index in [2.05, 4.69) is 21.7 Å². The fourth-order valence-electron chi connectivity index (χ4n) is 2.83. The third kappa shape index (κ3) is 4.03. The van der Waals surface area contributed by atoms with Gasteiger partial charge in [-0.2, -0.15) is 0 Å². The molecule has 0 aliphatic heterocycles. The van der Waals surface area contributed by atoms with Gasteiger partial charge in [0.25, 0.3) is 5.91 Å². The molecule has 0 saturated heterocycles. The molecule has 0 saturated carbocycles. The number of fused-ring (bicyclic) bond motifs is 1. The largest absolute Gasteiger partial charge is 0.496 e. The lowest BCUT2D eigenvalue weighted by Gasteiger charge is -2.09. The normalized spacial score (nSPS) is 10.5. The number of aromatic amines is 1. The van der Waals surface area contributed by atoms with Crippen molar-refractivity contribution in [2.45, 2.75) is 6.42 Å². The Hall–Kier alpha value is -3.28. The predicted molar refractivity (Wildman–Crippen MR) is 100 cm³/mol. The number of ether oxygens (including phenoxy) is 1. The van der Waals surface area contributed by atoms with E-state index in [0.29, 0.717) is 17.9 Å². The van der Waals surface area contributed by atoms with Crippen LogP contribution in [0.3, 0.4) is 0 Å². The number of benzene rings is 2. The fourth-order valence-corrected chi connectivity index (χ4v) is 2.83. The van der Waals surface area contributed by atoms with Crippen LogP contribution in [0.4, 0.5) is 0 Å². The van der Waals surface area contributed by atoms with Gasteiger partial charge in [0.15, 0.2) is 0 Å². The minimum atomic E-state index is -0.339. The van der Waals surface area contributed by atoms with E-state index in [1.165, 1.54) is 7.11 Å². The molecule has 26 heavy (non-hydrogen) atoms. The number of aromatic nitrogens is 1. The van der Waals surface area contributed by atoms with Crippen LogP contribution in [0.15, 0.2) is 54.7 Å². The second-order valence-electron chi connectivity index (χ2n) is 5.84. The molecule has 0 bridgehead atoms. The van der Waals surface area contributed by atoms with Gasteiger partial charge in [-0.25, -0.2) is 0 Å². The molecule has 134 valence electrons. The standard InChI is InChI=1S/C20H21N3O3/c1-26-18-9-5-3-7-16(18)20(25)23-13-19(24)21-11-10-14-12-22-17-8-4-2-6-15(14)17/h2-9,12,22H,10-11,13H2,1H3,(H,21,24)(H,23,25). The highest BCUT2D eigenvalue weighted by molar-refractivity contribution is 5.98. The van der Waals surface area contributed by atoms with Crippen LogP contribution in [-0.2, 0) is 11.2 Å². The molecule has 3 aromatic rings. The van der Waals surface area contributed by atoms with E-state index in [4.69, 9.17) is 4.74 Å². The van der Waals surface area contributed by atoms with E-state index < -0.39 is 0 Å². The lowest BCUT2D eigenvalue weighted by atomic mass is 10.1. The van der Waals surface area contributed by atoms with Crippen molar-refractivity contribution in [3.8, 4) is 5.75 Å². The van der Waals surface area contributed by atoms with Gasteiger partial charge in [0.1, 0.15) is 5.75 Å². The molecule has 0 atom stereocenters. The number of para-hydroxylation sites is 2. The number of carbonyl (C=O) groups is 2. The summed E-state index contributed by atoms with van der Waals surface area (Å²) in [5.74, 6) is -0.0907. The molecule has 0 fully saturated rings. The highest BCUT2D eigenvalue weighted by Gasteiger charge is 2.12. The number of methoxy groups -OCH3 is 1. The van der Waals surface area contributed by atoms with Crippen LogP contribution in [0.25, 0.3) is 10.9 Å². The number of nitrogens with one attached hydrogen (secondary N) is 3. The Kier molecular flexibility index (Phi) is 5.53. The summed E-state index contributed by atoms with van der Waals surface area (Å²) in [5, 5.41) is 6.59. The van der Waals surface area contributed by atoms with Gasteiger partial charge in [-0.1, -0.05) is 30.3 Å². The van der Waals surface area contributed by atoms with Crippen LogP contribution < -0.4 is 15.4 Å². The molecule has 2 aromatic carbocycles. The Bertz CT molecular complexity index is 917. The van der Waals surface area contributed by atoms with Gasteiger partial charge in [-0.05, 0) is 30.2 Å². The maximum Gasteiger partial charge on any atom is 0.255 e. The summed E-state index contributed by atoms with van der Waals surface area (Å²) in [4.78, 5) is 27.3. The molecule has 3 rings (SSSR count). The Morgan fingerprint density at radius 3 is 2.65 bits per heavy atom. The van der Waals surface area contributed by atoms with Crippen molar-refractivity contribution in [2.75, 3.05) is 20.2 Å². The predicted octanol–water partition coefficient (Wildman–Crippen LogP) is 2.27. The van der Waals surface area contributed by atoms with Crippen molar-refractivity contribution < 1.29 is 14.3 Å². The molecule has 0 aliphatic carbocycles. The summed E-state index contributed by atoms with van der Waals surface area (Å²) in [6.07, 6.45) is 2.68. The molecule has 1 heterocycles. The quantitative estimate of drug-likeness (QED) is 0.611. The minimum absolute atomic E-state index is 0.0786. The number of hydrogen-bond donors (Lipinski definition) is 3. The van der Waals surface area contributed by atoms with Gasteiger partial charge in [-0.3, -0.25) is 9.59 Å². The smallest absolute Gasteiger partial charge is 0.255 e. The molecule has 0 radical (unpaired) electrons. The van der Waals surface area contributed by atoms with Crippen molar-refractivity contribution in [1.82, 2.24) is 15.6 Å². The molecular weight excluding hydrogens is 330 g/mol. The van der Waals surface area contributed by atoms with E-state index in [9.17, 15) is 9.59 Å². The first-order chi connectivity index (χ1) is 12.7. The summed E-state index contributed by atoms with van der Waals surface area (Å²) >= 11 is 0. The lowest BCUT2D eigenvalue weighted by molar-refractivity contribution is -0.120. The first-order valence-electron chi connectivity index (χ1n) is 8.42. The Morgan fingerprint density at radius 2 is 1.81 bits per heavy atom. The van der Waals surface area contributed by atoms with Crippen molar-refractivity contribution in [1.29, 1.82) is 0 Å². The van der Waals surface area contributed by atoms with Crippen LogP contribution in [0, 0.1) is 0 Å². The van der Waals surface area contributed by atoms with Crippen LogP contribution in [0.1, 0.15) is 15.9 Å². The Labute approximate surface area is 151 Å². The van der Waals surface area contributed by atoms with Gasteiger partial charge in [-0.15, -0.1) is 0 Å². The maximum absolute atomic E-state index is 12.2. The average molecular weight is 351 g/mol. The molecule has 6 nitrogen and oxygen atoms in total. The Balaban J connectivity index is 1.46. The molecule has 2 amide bonds. The summed E-state index contributed by atoms with van der Waals surface area (Å²) in [7, 11) is 1.50. The topological polar surface area (TPSA) is 83.2 Å². The zero-order valence-corrected chi connectivity index (χ0v) is 14.5. The van der Waals surface area contributed by atoms with E-state index in [1.54, 1.807) is 24.3 Å². The minimum Gasteiger partial charge on any atom is -0.496 e. The molecule has 1 aromatic heterocycles. The highest BCUT2D eigenvalue weighted by atomic mass is 16.5. The number of amides is 2. The van der Waals surface area contributed by atoms with Crippen molar-refractivity contribution in [3.05, 3.63) is 65.9 Å².